The Bertz CT molecular complexity index is 299. The fourth-order valence-electron chi connectivity index (χ4n) is 2.69. The minimum Gasteiger partial charge on any atom is -0.469 e. The molecule has 0 bridgehead atoms. The smallest absolute Gasteiger partial charge is 0.305 e. The molecule has 0 aromatic heterocycles. The Hall–Kier alpha value is -1.10. The monoisotopic (exact) mass is 284 g/mol. The van der Waals surface area contributed by atoms with Crippen LogP contribution in [0, 0.1) is 11.8 Å². The van der Waals surface area contributed by atoms with Gasteiger partial charge < -0.3 is 15.8 Å². The molecule has 0 aromatic rings. The van der Waals surface area contributed by atoms with Gasteiger partial charge in [0.25, 0.3) is 0 Å². The number of hydrogen-bond acceptors (Lipinski definition) is 4. The molecule has 20 heavy (non-hydrogen) atoms. The summed E-state index contributed by atoms with van der Waals surface area (Å²) in [6, 6.07) is 0. The van der Waals surface area contributed by atoms with Gasteiger partial charge in [-0.15, -0.1) is 0 Å². The Morgan fingerprint density at radius 2 is 1.85 bits per heavy atom. The SMILES string of the molecule is COC(=O)CCCCCNC(=O)[C@H]1CC[C@H](CN)CC1. The van der Waals surface area contributed by atoms with Crippen molar-refractivity contribution >= 4 is 11.9 Å². The van der Waals surface area contributed by atoms with E-state index in [1.807, 2.05) is 0 Å². The molecular formula is C15H28N2O3. The number of esters is 1. The van der Waals surface area contributed by atoms with Crippen LogP contribution in [0.1, 0.15) is 51.4 Å². The van der Waals surface area contributed by atoms with Crippen molar-refractivity contribution in [1.82, 2.24) is 5.32 Å². The zero-order chi connectivity index (χ0) is 14.8. The van der Waals surface area contributed by atoms with Crippen LogP contribution in [0.4, 0.5) is 0 Å². The first-order valence-electron chi connectivity index (χ1n) is 7.72. The maximum absolute atomic E-state index is 12.0. The number of carbonyl (C=O) groups excluding carboxylic acids is 2. The fourth-order valence-corrected chi connectivity index (χ4v) is 2.69. The lowest BCUT2D eigenvalue weighted by molar-refractivity contribution is -0.140. The molecule has 0 aromatic carbocycles. The fraction of sp³-hybridized carbons (Fsp3) is 0.867. The van der Waals surface area contributed by atoms with Gasteiger partial charge >= 0.3 is 5.97 Å². The summed E-state index contributed by atoms with van der Waals surface area (Å²) in [6.45, 7) is 1.45. The number of carbonyl (C=O) groups is 2. The second-order valence-corrected chi connectivity index (χ2v) is 5.63. The zero-order valence-electron chi connectivity index (χ0n) is 12.5. The Morgan fingerprint density at radius 3 is 2.45 bits per heavy atom. The summed E-state index contributed by atoms with van der Waals surface area (Å²) < 4.78 is 4.57. The molecule has 5 nitrogen and oxygen atoms in total. The minimum atomic E-state index is -0.161. The zero-order valence-corrected chi connectivity index (χ0v) is 12.5. The first-order chi connectivity index (χ1) is 9.67. The first kappa shape index (κ1) is 17.0. The average Bonchev–Trinajstić information content (AvgIpc) is 2.50. The van der Waals surface area contributed by atoms with Crippen LogP contribution in [0.5, 0.6) is 0 Å². The second kappa shape index (κ2) is 9.75. The highest BCUT2D eigenvalue weighted by Crippen LogP contribution is 2.28. The lowest BCUT2D eigenvalue weighted by Gasteiger charge is -2.26. The molecule has 1 amide bonds. The Morgan fingerprint density at radius 1 is 1.15 bits per heavy atom. The van der Waals surface area contributed by atoms with E-state index in [2.05, 4.69) is 10.1 Å². The van der Waals surface area contributed by atoms with Crippen molar-refractivity contribution in [2.24, 2.45) is 17.6 Å². The molecule has 5 heteroatoms. The van der Waals surface area contributed by atoms with E-state index in [1.165, 1.54) is 7.11 Å². The van der Waals surface area contributed by atoms with Crippen LogP contribution in [0.15, 0.2) is 0 Å². The molecule has 1 aliphatic carbocycles. The molecule has 0 unspecified atom stereocenters. The van der Waals surface area contributed by atoms with Gasteiger partial charge in [-0.3, -0.25) is 9.59 Å². The summed E-state index contributed by atoms with van der Waals surface area (Å²) in [5, 5.41) is 3.00. The Labute approximate surface area is 121 Å². The first-order valence-corrected chi connectivity index (χ1v) is 7.72. The minimum absolute atomic E-state index is 0.161. The third kappa shape index (κ3) is 6.37. The molecule has 0 spiro atoms. The number of methoxy groups -OCH3 is 1. The molecule has 1 rings (SSSR count). The van der Waals surface area contributed by atoms with Gasteiger partial charge in [0.1, 0.15) is 0 Å². The summed E-state index contributed by atoms with van der Waals surface area (Å²) in [4.78, 5) is 22.9. The van der Waals surface area contributed by atoms with E-state index in [1.54, 1.807) is 0 Å². The van der Waals surface area contributed by atoms with Crippen LogP contribution in [-0.2, 0) is 14.3 Å². The summed E-state index contributed by atoms with van der Waals surface area (Å²) in [5.41, 5.74) is 5.65. The van der Waals surface area contributed by atoms with Crippen molar-refractivity contribution in [3.63, 3.8) is 0 Å². The van der Waals surface area contributed by atoms with Gasteiger partial charge in [-0.2, -0.15) is 0 Å². The molecule has 1 fully saturated rings. The molecular weight excluding hydrogens is 256 g/mol. The molecule has 116 valence electrons. The normalized spacial score (nSPS) is 22.3. The Kier molecular flexibility index (Phi) is 8.26. The highest BCUT2D eigenvalue weighted by molar-refractivity contribution is 5.78. The van der Waals surface area contributed by atoms with Crippen molar-refractivity contribution in [1.29, 1.82) is 0 Å². The highest BCUT2D eigenvalue weighted by Gasteiger charge is 2.25. The largest absolute Gasteiger partial charge is 0.469 e. The van der Waals surface area contributed by atoms with E-state index in [-0.39, 0.29) is 17.8 Å². The lowest BCUT2D eigenvalue weighted by Crippen LogP contribution is -2.34. The third-order valence-corrected chi connectivity index (χ3v) is 4.14. The van der Waals surface area contributed by atoms with Crippen LogP contribution < -0.4 is 11.1 Å². The maximum atomic E-state index is 12.0. The van der Waals surface area contributed by atoms with Gasteiger partial charge in [0.2, 0.25) is 5.91 Å². The van der Waals surface area contributed by atoms with Crippen molar-refractivity contribution in [2.75, 3.05) is 20.2 Å². The van der Waals surface area contributed by atoms with E-state index in [9.17, 15) is 9.59 Å². The molecule has 0 atom stereocenters. The number of ether oxygens (including phenoxy) is 1. The van der Waals surface area contributed by atoms with Crippen LogP contribution >= 0.6 is 0 Å². The number of nitrogens with one attached hydrogen (secondary N) is 1. The van der Waals surface area contributed by atoms with Gasteiger partial charge in [-0.25, -0.2) is 0 Å². The van der Waals surface area contributed by atoms with Crippen LogP contribution in [0.2, 0.25) is 0 Å². The molecule has 1 saturated carbocycles. The van der Waals surface area contributed by atoms with E-state index < -0.39 is 0 Å². The van der Waals surface area contributed by atoms with Gasteiger partial charge in [0.15, 0.2) is 0 Å². The van der Waals surface area contributed by atoms with Crippen LogP contribution in [0.3, 0.4) is 0 Å². The number of amides is 1. The van der Waals surface area contributed by atoms with E-state index >= 15 is 0 Å². The summed E-state index contributed by atoms with van der Waals surface area (Å²) in [5.74, 6) is 0.810. The van der Waals surface area contributed by atoms with Gasteiger partial charge in [-0.05, 0) is 51.0 Å². The predicted molar refractivity (Wildman–Crippen MR) is 78.0 cm³/mol. The summed E-state index contributed by atoms with van der Waals surface area (Å²) >= 11 is 0. The topological polar surface area (TPSA) is 81.4 Å². The molecule has 3 N–H and O–H groups in total. The molecule has 0 radical (unpaired) electrons. The number of rotatable bonds is 8. The van der Waals surface area contributed by atoms with Gasteiger partial charge in [0, 0.05) is 18.9 Å². The molecule has 0 heterocycles. The highest BCUT2D eigenvalue weighted by atomic mass is 16.5. The van der Waals surface area contributed by atoms with Crippen LogP contribution in [-0.4, -0.2) is 32.1 Å². The van der Waals surface area contributed by atoms with Crippen molar-refractivity contribution in [2.45, 2.75) is 51.4 Å². The van der Waals surface area contributed by atoms with Gasteiger partial charge in [-0.1, -0.05) is 6.42 Å². The standard InChI is InChI=1S/C15H28N2O3/c1-20-14(18)5-3-2-4-10-17-15(19)13-8-6-12(11-16)7-9-13/h12-13H,2-11,16H2,1H3,(H,17,19)/t12-,13-. The van der Waals surface area contributed by atoms with E-state index in [0.717, 1.165) is 51.5 Å². The maximum Gasteiger partial charge on any atom is 0.305 e. The lowest BCUT2D eigenvalue weighted by atomic mass is 9.81. The summed E-state index contributed by atoms with van der Waals surface area (Å²) in [7, 11) is 1.40. The number of unbranched alkanes of at least 4 members (excludes halogenated alkanes) is 2. The molecule has 0 aliphatic heterocycles. The van der Waals surface area contributed by atoms with Gasteiger partial charge in [0.05, 0.1) is 7.11 Å². The number of hydrogen-bond donors (Lipinski definition) is 2. The average molecular weight is 284 g/mol. The molecule has 0 saturated heterocycles. The van der Waals surface area contributed by atoms with Crippen molar-refractivity contribution in [3.8, 4) is 0 Å². The predicted octanol–water partition coefficient (Wildman–Crippen LogP) is 1.60. The quantitative estimate of drug-likeness (QED) is 0.524. The second-order valence-electron chi connectivity index (χ2n) is 5.63. The Balaban J connectivity index is 2.02. The van der Waals surface area contributed by atoms with Crippen LogP contribution in [0.25, 0.3) is 0 Å². The molecule has 1 aliphatic rings. The van der Waals surface area contributed by atoms with E-state index in [4.69, 9.17) is 5.73 Å². The summed E-state index contributed by atoms with van der Waals surface area (Å²) in [6.07, 6.45) is 7.24. The van der Waals surface area contributed by atoms with Crippen molar-refractivity contribution < 1.29 is 14.3 Å². The number of nitrogens with two attached hydrogens (primary N) is 1. The van der Waals surface area contributed by atoms with Crippen molar-refractivity contribution in [3.05, 3.63) is 0 Å². The van der Waals surface area contributed by atoms with E-state index in [0.29, 0.717) is 18.9 Å². The third-order valence-electron chi connectivity index (χ3n) is 4.14.